The van der Waals surface area contributed by atoms with Gasteiger partial charge in [-0.15, -0.1) is 0 Å². The number of ether oxygens (including phenoxy) is 4. The van der Waals surface area contributed by atoms with Crippen LogP contribution in [0.25, 0.3) is 0 Å². The van der Waals surface area contributed by atoms with Gasteiger partial charge in [0.25, 0.3) is 0 Å². The summed E-state index contributed by atoms with van der Waals surface area (Å²) < 4.78 is 23.2. The summed E-state index contributed by atoms with van der Waals surface area (Å²) in [5.41, 5.74) is 11.9. The fraction of sp³-hybridized carbons (Fsp3) is 0.667. The Hall–Kier alpha value is -3.48. The zero-order chi connectivity index (χ0) is 49.7. The Morgan fingerprint density at radius 2 is 1.34 bits per heavy atom. The van der Waals surface area contributed by atoms with Gasteiger partial charge >= 0.3 is 5.97 Å². The highest BCUT2D eigenvalue weighted by atomic mass is 16.7. The summed E-state index contributed by atoms with van der Waals surface area (Å²) in [6.07, 6.45) is 5.72. The molecule has 0 aromatic carbocycles. The number of allylic oxidation sites excluding steroid dienone is 12. The Labute approximate surface area is 393 Å². The molecule has 3 rings (SSSR count). The number of aliphatic hydroxyl groups excluding tert-OH is 9. The molecular formula is C48H77N3O16. The molecular weight excluding hydrogens is 875 g/mol. The molecule has 19 heteroatoms. The van der Waals surface area contributed by atoms with E-state index in [4.69, 9.17) is 30.4 Å². The van der Waals surface area contributed by atoms with Gasteiger partial charge in [0, 0.05) is 50.6 Å². The lowest BCUT2D eigenvalue weighted by Crippen LogP contribution is -2.59. The molecule has 0 aromatic heterocycles. The van der Waals surface area contributed by atoms with Crippen molar-refractivity contribution >= 4 is 11.9 Å². The van der Waals surface area contributed by atoms with Crippen LogP contribution in [0, 0.1) is 11.8 Å². The van der Waals surface area contributed by atoms with Crippen LogP contribution in [0.3, 0.4) is 0 Å². The Bertz CT molecular complexity index is 1690. The number of aliphatic hydroxyl groups is 10. The van der Waals surface area contributed by atoms with Crippen molar-refractivity contribution in [2.75, 3.05) is 13.2 Å². The van der Waals surface area contributed by atoms with Gasteiger partial charge in [0.15, 0.2) is 12.1 Å². The number of fused-ring (bicyclic) bond motifs is 2. The zero-order valence-electron chi connectivity index (χ0n) is 38.8. The molecule has 0 aromatic rings. The zero-order valence-corrected chi connectivity index (χ0v) is 38.8. The first-order chi connectivity index (χ1) is 31.7. The van der Waals surface area contributed by atoms with E-state index in [1.165, 1.54) is 0 Å². The number of hydrogen-bond donors (Lipinski definition) is 13. The van der Waals surface area contributed by atoms with E-state index in [2.05, 4.69) is 5.32 Å². The molecule has 0 saturated carbocycles. The molecule has 3 aliphatic rings. The normalized spacial score (nSPS) is 42.7. The van der Waals surface area contributed by atoms with E-state index in [-0.39, 0.29) is 51.2 Å². The molecule has 19 nitrogen and oxygen atoms in total. The van der Waals surface area contributed by atoms with Crippen LogP contribution in [0.15, 0.2) is 85.1 Å². The molecule has 2 bridgehead atoms. The Morgan fingerprint density at radius 3 is 1.96 bits per heavy atom. The van der Waals surface area contributed by atoms with Gasteiger partial charge in [0.1, 0.15) is 12.2 Å². The first-order valence-corrected chi connectivity index (χ1v) is 23.1. The first kappa shape index (κ1) is 57.8. The molecule has 0 aliphatic carbocycles. The molecule has 3 heterocycles. The van der Waals surface area contributed by atoms with Crippen LogP contribution >= 0.6 is 0 Å². The SMILES string of the molecule is C[C@H](N)CNC(=O)C1[C@@H]2CC(O[C@@H]3OC[C@@H](O)[C@H](N)[C@@H]3O)/C=C/C=C/C=C/C=C/C=C/C=C/C=C/[C@H](C)[C@@H](O)C[C@H](C)OC(=O)CC(O)CC(O)CCC(O)C(O)CC(O)CC(O)(C[C@@H]1O)O2. The minimum atomic E-state index is -2.27. The van der Waals surface area contributed by atoms with Crippen molar-refractivity contribution in [3.8, 4) is 0 Å². The van der Waals surface area contributed by atoms with Crippen LogP contribution in [-0.2, 0) is 28.5 Å². The number of esters is 1. The van der Waals surface area contributed by atoms with Crippen LogP contribution in [0.4, 0.5) is 0 Å². The lowest BCUT2D eigenvalue weighted by atomic mass is 9.82. The highest BCUT2D eigenvalue weighted by Gasteiger charge is 2.50. The molecule has 1 amide bonds. The molecule has 8 unspecified atom stereocenters. The third-order valence-electron chi connectivity index (χ3n) is 11.7. The number of amides is 1. The third kappa shape index (κ3) is 21.4. The van der Waals surface area contributed by atoms with Crippen molar-refractivity contribution < 1.29 is 79.6 Å². The lowest BCUT2D eigenvalue weighted by molar-refractivity contribution is -0.304. The maximum absolute atomic E-state index is 13.6. The summed E-state index contributed by atoms with van der Waals surface area (Å²) in [5.74, 6) is -5.18. The Kier molecular flexibility index (Phi) is 25.5. The van der Waals surface area contributed by atoms with Crippen molar-refractivity contribution in [3.63, 3.8) is 0 Å². The van der Waals surface area contributed by atoms with E-state index in [1.54, 1.807) is 68.5 Å². The predicted octanol–water partition coefficient (Wildman–Crippen LogP) is -0.544. The minimum absolute atomic E-state index is 0.0516. The molecule has 0 spiro atoms. The van der Waals surface area contributed by atoms with Gasteiger partial charge in [-0.05, 0) is 33.1 Å². The highest BCUT2D eigenvalue weighted by Crippen LogP contribution is 2.38. The van der Waals surface area contributed by atoms with Crippen molar-refractivity contribution in [3.05, 3.63) is 85.1 Å². The summed E-state index contributed by atoms with van der Waals surface area (Å²) in [4.78, 5) is 26.1. The Morgan fingerprint density at radius 1 is 0.746 bits per heavy atom. The fourth-order valence-corrected chi connectivity index (χ4v) is 7.89. The average molecular weight is 952 g/mol. The predicted molar refractivity (Wildman–Crippen MR) is 247 cm³/mol. The quantitative estimate of drug-likeness (QED) is 0.154. The number of rotatable bonds is 5. The van der Waals surface area contributed by atoms with Gasteiger partial charge in [-0.25, -0.2) is 0 Å². The number of nitrogens with two attached hydrogens (primary N) is 2. The van der Waals surface area contributed by atoms with Crippen LogP contribution < -0.4 is 16.8 Å². The van der Waals surface area contributed by atoms with E-state index >= 15 is 0 Å². The van der Waals surface area contributed by atoms with Crippen LogP contribution in [0.1, 0.15) is 78.6 Å². The topological polar surface area (TPSA) is 337 Å². The molecule has 2 fully saturated rings. The van der Waals surface area contributed by atoms with Gasteiger partial charge in [-0.1, -0.05) is 92.0 Å². The van der Waals surface area contributed by atoms with Gasteiger partial charge in [0.05, 0.1) is 86.0 Å². The van der Waals surface area contributed by atoms with Gasteiger partial charge < -0.3 is 86.8 Å². The highest BCUT2D eigenvalue weighted by molar-refractivity contribution is 5.80. The fourth-order valence-electron chi connectivity index (χ4n) is 7.89. The smallest absolute Gasteiger partial charge is 0.308 e. The number of carbonyl (C=O) groups excluding carboxylic acids is 2. The second-order valence-electron chi connectivity index (χ2n) is 18.1. The van der Waals surface area contributed by atoms with E-state index in [9.17, 15) is 60.7 Å². The third-order valence-corrected chi connectivity index (χ3v) is 11.7. The monoisotopic (exact) mass is 952 g/mol. The van der Waals surface area contributed by atoms with Crippen molar-refractivity contribution in [2.45, 2.75) is 176 Å². The van der Waals surface area contributed by atoms with Crippen LogP contribution in [0.2, 0.25) is 0 Å². The first-order valence-electron chi connectivity index (χ1n) is 23.1. The van der Waals surface area contributed by atoms with E-state index < -0.39 is 141 Å². The molecule has 15 N–H and O–H groups in total. The molecule has 3 aliphatic heterocycles. The number of nitrogens with one attached hydrogen (secondary N) is 1. The molecule has 18 atom stereocenters. The second kappa shape index (κ2) is 29.5. The summed E-state index contributed by atoms with van der Waals surface area (Å²) in [7, 11) is 0. The molecule has 2 saturated heterocycles. The number of carbonyl (C=O) groups is 2. The van der Waals surface area contributed by atoms with E-state index in [1.807, 2.05) is 37.3 Å². The standard InChI is InChI=1S/C48H77N3O16/c1-29-16-14-12-10-8-6-4-5-7-9-11-13-15-17-35(66-47-45(61)44(50)40(59)28-64-47)24-41-43(46(62)51-27-30(2)49)39(58)26-48(63,67-41)25-34(54)22-38(57)36(55)19-18-32(52)21-33(53)23-42(60)65-31(3)20-37(29)56/h4-17,29-41,43-45,47,52-59,61,63H,18-28,49-50H2,1-3H3,(H,51,62)/b5-4+,8-6+,9-7+,12-10+,13-11+,16-14+,17-15+/t29-,30-,31-,32?,33?,34?,35?,36?,37-,38?,39-,40+,41-,43?,44-,45-,47-,48?/m0/s1. The van der Waals surface area contributed by atoms with Crippen molar-refractivity contribution in [2.24, 2.45) is 23.3 Å². The summed E-state index contributed by atoms with van der Waals surface area (Å²) >= 11 is 0. The van der Waals surface area contributed by atoms with Gasteiger partial charge in [0.2, 0.25) is 5.91 Å². The summed E-state index contributed by atoms with van der Waals surface area (Å²) in [6.45, 7) is 4.93. The van der Waals surface area contributed by atoms with Crippen molar-refractivity contribution in [1.82, 2.24) is 5.32 Å². The number of hydrogen-bond acceptors (Lipinski definition) is 18. The number of cyclic esters (lactones) is 1. The molecule has 0 radical (unpaired) electrons. The van der Waals surface area contributed by atoms with E-state index in [0.717, 1.165) is 0 Å². The average Bonchev–Trinajstić information content (AvgIpc) is 3.23. The van der Waals surface area contributed by atoms with E-state index in [0.29, 0.717) is 0 Å². The summed E-state index contributed by atoms with van der Waals surface area (Å²) in [5, 5.41) is 111. The largest absolute Gasteiger partial charge is 0.462 e. The van der Waals surface area contributed by atoms with Gasteiger partial charge in [-0.3, -0.25) is 9.59 Å². The lowest BCUT2D eigenvalue weighted by Gasteiger charge is -2.45. The minimum Gasteiger partial charge on any atom is -0.462 e. The van der Waals surface area contributed by atoms with Gasteiger partial charge in [-0.2, -0.15) is 0 Å². The van der Waals surface area contributed by atoms with Crippen molar-refractivity contribution in [1.29, 1.82) is 0 Å². The summed E-state index contributed by atoms with van der Waals surface area (Å²) in [6, 6.07) is -1.55. The maximum atomic E-state index is 13.6. The van der Waals surface area contributed by atoms with Crippen LogP contribution in [-0.4, -0.2) is 174 Å². The Balaban J connectivity index is 1.89. The molecule has 67 heavy (non-hydrogen) atoms. The molecule has 380 valence electrons. The maximum Gasteiger partial charge on any atom is 0.308 e. The van der Waals surface area contributed by atoms with Crippen LogP contribution in [0.5, 0.6) is 0 Å². The second-order valence-corrected chi connectivity index (χ2v) is 18.1.